The highest BCUT2D eigenvalue weighted by molar-refractivity contribution is 5.86. The number of carbonyl (C=O) groups is 2. The summed E-state index contributed by atoms with van der Waals surface area (Å²) in [4.78, 5) is 28.3. The Morgan fingerprint density at radius 1 is 1.07 bits per heavy atom. The number of hydrogen-bond donors (Lipinski definition) is 1. The molecule has 0 spiro atoms. The zero-order valence-electron chi connectivity index (χ0n) is 15.4. The molecule has 2 amide bonds. The minimum atomic E-state index is -0.764. The van der Waals surface area contributed by atoms with E-state index in [4.69, 9.17) is 4.74 Å². The van der Waals surface area contributed by atoms with Gasteiger partial charge in [0.05, 0.1) is 26.2 Å². The van der Waals surface area contributed by atoms with E-state index in [2.05, 4.69) is 0 Å². The van der Waals surface area contributed by atoms with E-state index in [9.17, 15) is 14.7 Å². The second-order valence-corrected chi connectivity index (χ2v) is 6.71. The minimum Gasteiger partial charge on any atom is -0.497 e. The van der Waals surface area contributed by atoms with Crippen molar-refractivity contribution in [3.05, 3.63) is 65.7 Å². The van der Waals surface area contributed by atoms with Crippen LogP contribution in [0.1, 0.15) is 11.1 Å². The molecule has 0 saturated carbocycles. The first-order valence-corrected chi connectivity index (χ1v) is 8.95. The van der Waals surface area contributed by atoms with Crippen LogP contribution in [0.15, 0.2) is 54.6 Å². The Morgan fingerprint density at radius 2 is 1.78 bits per heavy atom. The van der Waals surface area contributed by atoms with E-state index in [0.29, 0.717) is 6.54 Å². The van der Waals surface area contributed by atoms with Gasteiger partial charge in [-0.15, -0.1) is 0 Å². The van der Waals surface area contributed by atoms with Gasteiger partial charge in [-0.25, -0.2) is 0 Å². The van der Waals surface area contributed by atoms with Gasteiger partial charge in [-0.2, -0.15) is 0 Å². The molecule has 1 fully saturated rings. The molecule has 1 atom stereocenters. The van der Waals surface area contributed by atoms with Crippen LogP contribution in [0, 0.1) is 0 Å². The normalized spacial score (nSPS) is 17.6. The lowest BCUT2D eigenvalue weighted by Gasteiger charge is -2.22. The zero-order valence-corrected chi connectivity index (χ0v) is 15.4. The number of rotatable bonds is 5. The lowest BCUT2D eigenvalue weighted by molar-refractivity contribution is -0.138. The smallest absolute Gasteiger partial charge is 0.242 e. The number of carbonyl (C=O) groups excluding carboxylic acids is 2. The molecule has 3 rings (SSSR count). The van der Waals surface area contributed by atoms with E-state index in [1.54, 1.807) is 24.1 Å². The summed E-state index contributed by atoms with van der Waals surface area (Å²) >= 11 is 0. The molecule has 0 radical (unpaired) electrons. The summed E-state index contributed by atoms with van der Waals surface area (Å²) in [7, 11) is 1.59. The van der Waals surface area contributed by atoms with Gasteiger partial charge in [-0.1, -0.05) is 42.5 Å². The molecular formula is C21H24N2O4. The van der Waals surface area contributed by atoms with Gasteiger partial charge >= 0.3 is 0 Å². The van der Waals surface area contributed by atoms with Crippen molar-refractivity contribution >= 4 is 11.8 Å². The van der Waals surface area contributed by atoms with Gasteiger partial charge < -0.3 is 19.6 Å². The molecule has 27 heavy (non-hydrogen) atoms. The molecule has 2 aromatic rings. The first-order valence-electron chi connectivity index (χ1n) is 8.95. The van der Waals surface area contributed by atoms with Crippen LogP contribution in [0.2, 0.25) is 0 Å². The minimum absolute atomic E-state index is 0.0150. The lowest BCUT2D eigenvalue weighted by atomic mass is 10.1. The van der Waals surface area contributed by atoms with Crippen molar-refractivity contribution < 1.29 is 19.4 Å². The molecular weight excluding hydrogens is 344 g/mol. The predicted octanol–water partition coefficient (Wildman–Crippen LogP) is 1.47. The Labute approximate surface area is 159 Å². The maximum Gasteiger partial charge on any atom is 0.242 e. The van der Waals surface area contributed by atoms with Crippen molar-refractivity contribution in [2.45, 2.75) is 19.1 Å². The van der Waals surface area contributed by atoms with E-state index in [1.165, 1.54) is 4.90 Å². The van der Waals surface area contributed by atoms with Gasteiger partial charge in [0.1, 0.15) is 5.75 Å². The molecule has 6 nitrogen and oxygen atoms in total. The van der Waals surface area contributed by atoms with E-state index in [0.717, 1.165) is 16.9 Å². The Balaban J connectivity index is 1.64. The molecule has 6 heteroatoms. The van der Waals surface area contributed by atoms with Gasteiger partial charge in [0, 0.05) is 19.6 Å². The SMILES string of the molecule is COc1ccc(CC(=O)N2CC(=O)N(Cc3ccccc3)CC(O)C2)cc1. The molecule has 1 unspecified atom stereocenters. The number of nitrogens with zero attached hydrogens (tertiary/aromatic N) is 2. The Hall–Kier alpha value is -2.86. The number of β-amino-alcohol motifs (C(OH)–C–C–N with tert-alkyl or cyclic N) is 1. The topological polar surface area (TPSA) is 70.1 Å². The summed E-state index contributed by atoms with van der Waals surface area (Å²) < 4.78 is 5.12. The van der Waals surface area contributed by atoms with Crippen LogP contribution in [-0.4, -0.2) is 59.6 Å². The van der Waals surface area contributed by atoms with E-state index < -0.39 is 6.10 Å². The number of benzene rings is 2. The molecule has 1 N–H and O–H groups in total. The van der Waals surface area contributed by atoms with Crippen molar-refractivity contribution in [1.29, 1.82) is 0 Å². The fourth-order valence-corrected chi connectivity index (χ4v) is 3.17. The lowest BCUT2D eigenvalue weighted by Crippen LogP contribution is -2.40. The molecule has 1 saturated heterocycles. The van der Waals surface area contributed by atoms with Crippen LogP contribution in [0.4, 0.5) is 0 Å². The average Bonchev–Trinajstić information content (AvgIpc) is 2.81. The molecule has 0 aromatic heterocycles. The number of hydrogen-bond acceptors (Lipinski definition) is 4. The average molecular weight is 368 g/mol. The fraction of sp³-hybridized carbons (Fsp3) is 0.333. The Morgan fingerprint density at radius 3 is 2.44 bits per heavy atom. The maximum absolute atomic E-state index is 12.6. The van der Waals surface area contributed by atoms with Crippen LogP contribution in [0.25, 0.3) is 0 Å². The van der Waals surface area contributed by atoms with Crippen LogP contribution in [0.3, 0.4) is 0 Å². The maximum atomic E-state index is 12.6. The molecule has 0 aliphatic carbocycles. The van der Waals surface area contributed by atoms with Crippen LogP contribution >= 0.6 is 0 Å². The number of amides is 2. The predicted molar refractivity (Wildman–Crippen MR) is 101 cm³/mol. The quantitative estimate of drug-likeness (QED) is 0.868. The van der Waals surface area contributed by atoms with Crippen molar-refractivity contribution in [3.8, 4) is 5.75 Å². The second-order valence-electron chi connectivity index (χ2n) is 6.71. The number of aliphatic hydroxyl groups excluding tert-OH is 1. The fourth-order valence-electron chi connectivity index (χ4n) is 3.17. The summed E-state index contributed by atoms with van der Waals surface area (Å²) in [5, 5.41) is 10.3. The first kappa shape index (κ1) is 18.9. The molecule has 142 valence electrons. The summed E-state index contributed by atoms with van der Waals surface area (Å²) in [6, 6.07) is 16.9. The molecule has 1 heterocycles. The van der Waals surface area contributed by atoms with Crippen LogP contribution in [0.5, 0.6) is 5.75 Å². The number of methoxy groups -OCH3 is 1. The first-order chi connectivity index (χ1) is 13.0. The standard InChI is InChI=1S/C21H24N2O4/c1-27-19-9-7-16(8-10-19)11-20(25)23-14-18(24)13-22(21(26)15-23)12-17-5-3-2-4-6-17/h2-10,18,24H,11-15H2,1H3. The Kier molecular flexibility index (Phi) is 6.08. The Bertz CT molecular complexity index is 777. The van der Waals surface area contributed by atoms with E-state index in [-0.39, 0.29) is 37.9 Å². The summed E-state index contributed by atoms with van der Waals surface area (Å²) in [6.45, 7) is 0.794. The number of ether oxygens (including phenoxy) is 1. The van der Waals surface area contributed by atoms with Crippen LogP contribution < -0.4 is 4.74 Å². The third-order valence-corrected chi connectivity index (χ3v) is 4.62. The highest BCUT2D eigenvalue weighted by Gasteiger charge is 2.29. The highest BCUT2D eigenvalue weighted by Crippen LogP contribution is 2.15. The highest BCUT2D eigenvalue weighted by atomic mass is 16.5. The second kappa shape index (κ2) is 8.68. The molecule has 2 aromatic carbocycles. The summed E-state index contributed by atoms with van der Waals surface area (Å²) in [5.41, 5.74) is 1.84. The molecule has 1 aliphatic heterocycles. The van der Waals surface area contributed by atoms with Gasteiger partial charge in [0.15, 0.2) is 0 Å². The third kappa shape index (κ3) is 5.08. The van der Waals surface area contributed by atoms with E-state index in [1.807, 2.05) is 42.5 Å². The van der Waals surface area contributed by atoms with Gasteiger partial charge in [0.25, 0.3) is 0 Å². The van der Waals surface area contributed by atoms with Crippen LogP contribution in [-0.2, 0) is 22.6 Å². The summed E-state index contributed by atoms with van der Waals surface area (Å²) in [5.74, 6) is 0.399. The van der Waals surface area contributed by atoms with Crippen molar-refractivity contribution in [3.63, 3.8) is 0 Å². The zero-order chi connectivity index (χ0) is 19.2. The third-order valence-electron chi connectivity index (χ3n) is 4.62. The molecule has 1 aliphatic rings. The molecule has 0 bridgehead atoms. The van der Waals surface area contributed by atoms with E-state index >= 15 is 0 Å². The van der Waals surface area contributed by atoms with Crippen molar-refractivity contribution in [2.24, 2.45) is 0 Å². The van der Waals surface area contributed by atoms with Gasteiger partial charge in [0.2, 0.25) is 11.8 Å². The monoisotopic (exact) mass is 368 g/mol. The van der Waals surface area contributed by atoms with Crippen molar-refractivity contribution in [2.75, 3.05) is 26.7 Å². The van der Waals surface area contributed by atoms with Gasteiger partial charge in [-0.3, -0.25) is 9.59 Å². The largest absolute Gasteiger partial charge is 0.497 e. The summed E-state index contributed by atoms with van der Waals surface area (Å²) in [6.07, 6.45) is -0.581. The number of aliphatic hydroxyl groups is 1. The van der Waals surface area contributed by atoms with Gasteiger partial charge in [-0.05, 0) is 23.3 Å². The van der Waals surface area contributed by atoms with Crippen molar-refractivity contribution in [1.82, 2.24) is 9.80 Å².